The first-order chi connectivity index (χ1) is 7.63. The molecule has 2 aromatic rings. The lowest BCUT2D eigenvalue weighted by atomic mass is 10.3. The molecule has 2 rings (SSSR count). The fourth-order valence-electron chi connectivity index (χ4n) is 1.20. The first kappa shape index (κ1) is 11.0. The second-order valence-corrected chi connectivity index (χ2v) is 3.94. The highest BCUT2D eigenvalue weighted by Crippen LogP contribution is 2.25. The zero-order valence-corrected chi connectivity index (χ0v) is 9.66. The lowest BCUT2D eigenvalue weighted by Gasteiger charge is -2.05. The Kier molecular flexibility index (Phi) is 3.17. The molecule has 0 spiro atoms. The SMILES string of the molecule is Nc1cc(Cl)nc(Oc2cccc(Cl)c2)c1. The van der Waals surface area contributed by atoms with E-state index in [1.54, 1.807) is 36.4 Å². The molecule has 0 amide bonds. The van der Waals surface area contributed by atoms with E-state index >= 15 is 0 Å². The van der Waals surface area contributed by atoms with Crippen molar-refractivity contribution < 1.29 is 4.74 Å². The monoisotopic (exact) mass is 254 g/mol. The molecule has 0 saturated heterocycles. The van der Waals surface area contributed by atoms with Crippen LogP contribution in [-0.4, -0.2) is 4.98 Å². The van der Waals surface area contributed by atoms with Crippen LogP contribution in [0.4, 0.5) is 5.69 Å². The van der Waals surface area contributed by atoms with E-state index in [2.05, 4.69) is 4.98 Å². The Hall–Kier alpha value is -1.45. The molecule has 1 aromatic carbocycles. The third-order valence-electron chi connectivity index (χ3n) is 1.81. The van der Waals surface area contributed by atoms with Crippen LogP contribution in [0.3, 0.4) is 0 Å². The van der Waals surface area contributed by atoms with Gasteiger partial charge >= 0.3 is 0 Å². The van der Waals surface area contributed by atoms with Crippen molar-refractivity contribution >= 4 is 28.9 Å². The van der Waals surface area contributed by atoms with Crippen molar-refractivity contribution in [3.8, 4) is 11.6 Å². The number of aromatic nitrogens is 1. The summed E-state index contributed by atoms with van der Waals surface area (Å²) in [7, 11) is 0. The Balaban J connectivity index is 2.27. The van der Waals surface area contributed by atoms with Gasteiger partial charge < -0.3 is 10.5 Å². The standard InChI is InChI=1S/C11H8Cl2N2O/c12-7-2-1-3-9(4-7)16-11-6-8(14)5-10(13)15-11/h1-6H,(H2,14,15). The molecule has 0 aliphatic rings. The number of nitrogens with two attached hydrogens (primary N) is 1. The first-order valence-corrected chi connectivity index (χ1v) is 5.25. The number of hydrogen-bond donors (Lipinski definition) is 1. The minimum absolute atomic E-state index is 0.289. The lowest BCUT2D eigenvalue weighted by molar-refractivity contribution is 0.463. The van der Waals surface area contributed by atoms with Gasteiger partial charge in [-0.2, -0.15) is 0 Å². The number of anilines is 1. The highest BCUT2D eigenvalue weighted by molar-refractivity contribution is 6.30. The second kappa shape index (κ2) is 4.60. The summed E-state index contributed by atoms with van der Waals surface area (Å²) in [5, 5.41) is 0.879. The average molecular weight is 255 g/mol. The van der Waals surface area contributed by atoms with Gasteiger partial charge in [0.1, 0.15) is 10.9 Å². The molecule has 1 aromatic heterocycles. The van der Waals surface area contributed by atoms with Crippen LogP contribution in [-0.2, 0) is 0 Å². The molecule has 0 saturated carbocycles. The molecule has 3 nitrogen and oxygen atoms in total. The van der Waals surface area contributed by atoms with E-state index in [4.69, 9.17) is 33.7 Å². The fourth-order valence-corrected chi connectivity index (χ4v) is 1.58. The Morgan fingerprint density at radius 2 is 1.94 bits per heavy atom. The third-order valence-corrected chi connectivity index (χ3v) is 2.24. The first-order valence-electron chi connectivity index (χ1n) is 4.50. The predicted octanol–water partition coefficient (Wildman–Crippen LogP) is 3.76. The van der Waals surface area contributed by atoms with Crippen LogP contribution in [0.2, 0.25) is 10.2 Å². The number of halogens is 2. The van der Waals surface area contributed by atoms with Gasteiger partial charge in [0.15, 0.2) is 0 Å². The van der Waals surface area contributed by atoms with Crippen molar-refractivity contribution in [2.45, 2.75) is 0 Å². The van der Waals surface area contributed by atoms with Crippen LogP contribution in [0.1, 0.15) is 0 Å². The van der Waals surface area contributed by atoms with E-state index in [9.17, 15) is 0 Å². The number of nitrogen functional groups attached to an aromatic ring is 1. The predicted molar refractivity (Wildman–Crippen MR) is 65.2 cm³/mol. The molecule has 5 heteroatoms. The molecule has 0 bridgehead atoms. The van der Waals surface area contributed by atoms with Crippen molar-refractivity contribution in [3.05, 3.63) is 46.6 Å². The van der Waals surface area contributed by atoms with E-state index in [-0.39, 0.29) is 5.15 Å². The Morgan fingerprint density at radius 3 is 2.62 bits per heavy atom. The minimum atomic E-state index is 0.289. The fraction of sp³-hybridized carbons (Fsp3) is 0. The molecule has 0 aliphatic heterocycles. The summed E-state index contributed by atoms with van der Waals surface area (Å²) in [5.74, 6) is 0.925. The van der Waals surface area contributed by atoms with Crippen LogP contribution in [0.15, 0.2) is 36.4 Å². The maximum absolute atomic E-state index is 5.82. The molecule has 1 heterocycles. The van der Waals surface area contributed by atoms with Gasteiger partial charge in [-0.25, -0.2) is 4.98 Å². The van der Waals surface area contributed by atoms with Gasteiger partial charge in [0.25, 0.3) is 0 Å². The van der Waals surface area contributed by atoms with Crippen LogP contribution < -0.4 is 10.5 Å². The Labute approximate surface area is 103 Å². The third kappa shape index (κ3) is 2.78. The summed E-state index contributed by atoms with van der Waals surface area (Å²) >= 11 is 11.6. The highest BCUT2D eigenvalue weighted by atomic mass is 35.5. The quantitative estimate of drug-likeness (QED) is 0.831. The highest BCUT2D eigenvalue weighted by Gasteiger charge is 2.02. The van der Waals surface area contributed by atoms with Gasteiger partial charge in [0, 0.05) is 16.8 Å². The molecule has 0 aliphatic carbocycles. The number of nitrogens with zero attached hydrogens (tertiary/aromatic N) is 1. The Morgan fingerprint density at radius 1 is 1.12 bits per heavy atom. The van der Waals surface area contributed by atoms with Crippen molar-refractivity contribution in [3.63, 3.8) is 0 Å². The molecule has 82 valence electrons. The zero-order chi connectivity index (χ0) is 11.5. The van der Waals surface area contributed by atoms with Crippen LogP contribution in [0.5, 0.6) is 11.6 Å². The largest absolute Gasteiger partial charge is 0.439 e. The summed E-state index contributed by atoms with van der Waals surface area (Å²) in [4.78, 5) is 3.98. The lowest BCUT2D eigenvalue weighted by Crippen LogP contribution is -1.91. The maximum Gasteiger partial charge on any atom is 0.222 e. The molecule has 0 atom stereocenters. The minimum Gasteiger partial charge on any atom is -0.439 e. The molecule has 0 radical (unpaired) electrons. The molecule has 16 heavy (non-hydrogen) atoms. The molecule has 0 fully saturated rings. The summed E-state index contributed by atoms with van der Waals surface area (Å²) < 4.78 is 5.46. The summed E-state index contributed by atoms with van der Waals surface area (Å²) in [6.45, 7) is 0. The van der Waals surface area contributed by atoms with Crippen molar-refractivity contribution in [1.29, 1.82) is 0 Å². The molecular weight excluding hydrogens is 247 g/mol. The molecule has 0 unspecified atom stereocenters. The molecule has 2 N–H and O–H groups in total. The molecular formula is C11H8Cl2N2O. The van der Waals surface area contributed by atoms with Crippen molar-refractivity contribution in [1.82, 2.24) is 4.98 Å². The van der Waals surface area contributed by atoms with Gasteiger partial charge in [-0.3, -0.25) is 0 Å². The van der Waals surface area contributed by atoms with E-state index in [1.807, 2.05) is 0 Å². The van der Waals surface area contributed by atoms with Gasteiger partial charge in [-0.15, -0.1) is 0 Å². The van der Waals surface area contributed by atoms with Gasteiger partial charge in [-0.1, -0.05) is 29.3 Å². The van der Waals surface area contributed by atoms with Crippen LogP contribution in [0.25, 0.3) is 0 Å². The van der Waals surface area contributed by atoms with Crippen molar-refractivity contribution in [2.24, 2.45) is 0 Å². The number of benzene rings is 1. The van der Waals surface area contributed by atoms with Gasteiger partial charge in [0.05, 0.1) is 0 Å². The van der Waals surface area contributed by atoms with Gasteiger partial charge in [-0.05, 0) is 24.3 Å². The summed E-state index contributed by atoms with van der Waals surface area (Å²) in [5.41, 5.74) is 6.11. The van der Waals surface area contributed by atoms with E-state index in [0.717, 1.165) is 0 Å². The average Bonchev–Trinajstić information content (AvgIpc) is 2.15. The number of rotatable bonds is 2. The van der Waals surface area contributed by atoms with E-state index in [0.29, 0.717) is 22.3 Å². The van der Waals surface area contributed by atoms with Crippen molar-refractivity contribution in [2.75, 3.05) is 5.73 Å². The smallest absolute Gasteiger partial charge is 0.222 e. The number of pyridine rings is 1. The zero-order valence-electron chi connectivity index (χ0n) is 8.15. The van der Waals surface area contributed by atoms with Gasteiger partial charge in [0.2, 0.25) is 5.88 Å². The second-order valence-electron chi connectivity index (χ2n) is 3.12. The van der Waals surface area contributed by atoms with E-state index < -0.39 is 0 Å². The maximum atomic E-state index is 5.82. The van der Waals surface area contributed by atoms with E-state index in [1.165, 1.54) is 0 Å². The van der Waals surface area contributed by atoms with Crippen LogP contribution in [0, 0.1) is 0 Å². The Bertz CT molecular complexity index is 497. The van der Waals surface area contributed by atoms with Crippen LogP contribution >= 0.6 is 23.2 Å². The number of hydrogen-bond acceptors (Lipinski definition) is 3. The summed E-state index contributed by atoms with van der Waals surface area (Å²) in [6.07, 6.45) is 0. The summed E-state index contributed by atoms with van der Waals surface area (Å²) in [6, 6.07) is 10.1. The topological polar surface area (TPSA) is 48.1 Å². The number of ether oxygens (including phenoxy) is 1. The normalized spacial score (nSPS) is 10.1.